The van der Waals surface area contributed by atoms with Gasteiger partial charge in [0.05, 0.1) is 17.0 Å². The van der Waals surface area contributed by atoms with Crippen molar-refractivity contribution in [1.29, 1.82) is 0 Å². The fourth-order valence-corrected chi connectivity index (χ4v) is 1.96. The summed E-state index contributed by atoms with van der Waals surface area (Å²) in [4.78, 5) is 12.3. The largest absolute Gasteiger partial charge is 0.417 e. The van der Waals surface area contributed by atoms with Gasteiger partial charge in [-0.3, -0.25) is 4.98 Å². The van der Waals surface area contributed by atoms with Crippen molar-refractivity contribution in [3.05, 3.63) is 48.2 Å². The maximum absolute atomic E-state index is 12.6. The van der Waals surface area contributed by atoms with Gasteiger partial charge in [0, 0.05) is 31.3 Å². The van der Waals surface area contributed by atoms with Crippen molar-refractivity contribution in [3.63, 3.8) is 0 Å². The average molecular weight is 293 g/mol. The third kappa shape index (κ3) is 2.45. The summed E-state index contributed by atoms with van der Waals surface area (Å²) in [6, 6.07) is 2.25. The molecule has 0 radical (unpaired) electrons. The predicted molar refractivity (Wildman–Crippen MR) is 69.1 cm³/mol. The third-order valence-electron chi connectivity index (χ3n) is 2.97. The topological polar surface area (TPSA) is 69.1 Å². The third-order valence-corrected chi connectivity index (χ3v) is 2.97. The van der Waals surface area contributed by atoms with Crippen molar-refractivity contribution in [3.8, 4) is 11.4 Å². The van der Waals surface area contributed by atoms with Crippen LogP contribution in [0.5, 0.6) is 0 Å². The summed E-state index contributed by atoms with van der Waals surface area (Å²) in [5, 5.41) is 0. The van der Waals surface area contributed by atoms with Crippen LogP contribution in [0.4, 0.5) is 13.2 Å². The van der Waals surface area contributed by atoms with Crippen LogP contribution in [-0.2, 0) is 12.7 Å². The van der Waals surface area contributed by atoms with Crippen LogP contribution in [0.25, 0.3) is 17.0 Å². The number of alkyl halides is 3. The first-order chi connectivity index (χ1) is 9.99. The quantitative estimate of drug-likeness (QED) is 0.787. The number of fused-ring (bicyclic) bond motifs is 1. The maximum Gasteiger partial charge on any atom is 0.417 e. The van der Waals surface area contributed by atoms with Crippen molar-refractivity contribution in [2.45, 2.75) is 12.7 Å². The Kier molecular flexibility index (Phi) is 3.09. The number of nitrogens with two attached hydrogens (primary N) is 1. The molecule has 108 valence electrons. The Bertz CT molecular complexity index is 777. The number of nitrogens with zero attached hydrogens (tertiary/aromatic N) is 4. The zero-order valence-corrected chi connectivity index (χ0v) is 10.7. The molecule has 0 fully saturated rings. The molecule has 3 heterocycles. The molecule has 2 N–H and O–H groups in total. The Balaban J connectivity index is 2.13. The SMILES string of the molecule is NCc1cn2ccnc2c(-c2ccc(C(F)(F)F)cn2)n1. The lowest BCUT2D eigenvalue weighted by Gasteiger charge is -2.08. The van der Waals surface area contributed by atoms with E-state index in [0.717, 1.165) is 12.3 Å². The summed E-state index contributed by atoms with van der Waals surface area (Å²) in [6.07, 6.45) is 1.37. The highest BCUT2D eigenvalue weighted by atomic mass is 19.4. The Morgan fingerprint density at radius 3 is 2.62 bits per heavy atom. The summed E-state index contributed by atoms with van der Waals surface area (Å²) < 4.78 is 39.4. The van der Waals surface area contributed by atoms with Gasteiger partial charge in [-0.2, -0.15) is 13.2 Å². The van der Waals surface area contributed by atoms with Crippen LogP contribution < -0.4 is 5.73 Å². The Morgan fingerprint density at radius 1 is 1.19 bits per heavy atom. The van der Waals surface area contributed by atoms with Crippen LogP contribution >= 0.6 is 0 Å². The normalized spacial score (nSPS) is 12.0. The molecule has 3 aromatic heterocycles. The highest BCUT2D eigenvalue weighted by Crippen LogP contribution is 2.30. The maximum atomic E-state index is 12.6. The molecular weight excluding hydrogens is 283 g/mol. The molecule has 21 heavy (non-hydrogen) atoms. The zero-order valence-electron chi connectivity index (χ0n) is 10.7. The summed E-state index contributed by atoms with van der Waals surface area (Å²) >= 11 is 0. The second kappa shape index (κ2) is 4.81. The Morgan fingerprint density at radius 2 is 2.00 bits per heavy atom. The van der Waals surface area contributed by atoms with Gasteiger partial charge in [0.25, 0.3) is 0 Å². The number of rotatable bonds is 2. The van der Waals surface area contributed by atoms with Crippen LogP contribution in [0, 0.1) is 0 Å². The van der Waals surface area contributed by atoms with Crippen LogP contribution in [-0.4, -0.2) is 19.4 Å². The van der Waals surface area contributed by atoms with E-state index in [1.54, 1.807) is 23.0 Å². The molecular formula is C13H10F3N5. The summed E-state index contributed by atoms with van der Waals surface area (Å²) in [5.74, 6) is 0. The predicted octanol–water partition coefficient (Wildman–Crippen LogP) is 2.27. The van der Waals surface area contributed by atoms with Crippen molar-refractivity contribution < 1.29 is 13.2 Å². The molecule has 0 aliphatic heterocycles. The molecule has 0 unspecified atom stereocenters. The van der Waals surface area contributed by atoms with E-state index >= 15 is 0 Å². The summed E-state index contributed by atoms with van der Waals surface area (Å²) in [7, 11) is 0. The molecule has 0 aliphatic carbocycles. The Labute approximate surface area is 117 Å². The van der Waals surface area contributed by atoms with E-state index in [1.807, 2.05) is 0 Å². The zero-order chi connectivity index (χ0) is 15.0. The molecule has 0 bridgehead atoms. The van der Waals surface area contributed by atoms with E-state index in [1.165, 1.54) is 6.07 Å². The molecule has 0 spiro atoms. The van der Waals surface area contributed by atoms with Gasteiger partial charge in [0.15, 0.2) is 5.65 Å². The van der Waals surface area contributed by atoms with Crippen molar-refractivity contribution >= 4 is 5.65 Å². The van der Waals surface area contributed by atoms with Crippen LogP contribution in [0.1, 0.15) is 11.3 Å². The lowest BCUT2D eigenvalue weighted by molar-refractivity contribution is -0.137. The molecule has 3 aromatic rings. The second-order valence-corrected chi connectivity index (χ2v) is 4.37. The number of imidazole rings is 1. The molecule has 0 aliphatic rings. The summed E-state index contributed by atoms with van der Waals surface area (Å²) in [5.41, 5.74) is 6.59. The van der Waals surface area contributed by atoms with Gasteiger partial charge < -0.3 is 10.1 Å². The molecule has 0 saturated carbocycles. The van der Waals surface area contributed by atoms with Gasteiger partial charge in [-0.15, -0.1) is 0 Å². The standard InChI is InChI=1S/C13H10F3N5/c14-13(15,16)8-1-2-10(19-6-8)11-12-18-3-4-21(12)7-9(5-17)20-11/h1-4,6-7H,5,17H2. The summed E-state index contributed by atoms with van der Waals surface area (Å²) in [6.45, 7) is 0.210. The van der Waals surface area contributed by atoms with E-state index in [-0.39, 0.29) is 6.54 Å². The van der Waals surface area contributed by atoms with E-state index in [0.29, 0.717) is 22.7 Å². The minimum absolute atomic E-state index is 0.210. The van der Waals surface area contributed by atoms with Crippen molar-refractivity contribution in [1.82, 2.24) is 19.4 Å². The first-order valence-corrected chi connectivity index (χ1v) is 6.05. The van der Waals surface area contributed by atoms with Gasteiger partial charge in [-0.25, -0.2) is 9.97 Å². The number of pyridine rings is 1. The lowest BCUT2D eigenvalue weighted by atomic mass is 10.2. The second-order valence-electron chi connectivity index (χ2n) is 4.37. The van der Waals surface area contributed by atoms with Gasteiger partial charge in [0.1, 0.15) is 5.69 Å². The van der Waals surface area contributed by atoms with Gasteiger partial charge in [-0.1, -0.05) is 0 Å². The van der Waals surface area contributed by atoms with Gasteiger partial charge >= 0.3 is 6.18 Å². The minimum atomic E-state index is -4.42. The highest BCUT2D eigenvalue weighted by Gasteiger charge is 2.30. The fraction of sp³-hybridized carbons (Fsp3) is 0.154. The van der Waals surface area contributed by atoms with Crippen molar-refractivity contribution in [2.75, 3.05) is 0 Å². The highest BCUT2D eigenvalue weighted by molar-refractivity contribution is 5.71. The fourth-order valence-electron chi connectivity index (χ4n) is 1.96. The molecule has 5 nitrogen and oxygen atoms in total. The number of hydrogen-bond acceptors (Lipinski definition) is 4. The smallest absolute Gasteiger partial charge is 0.325 e. The molecule has 3 rings (SSSR count). The van der Waals surface area contributed by atoms with Crippen LogP contribution in [0.3, 0.4) is 0 Å². The first-order valence-electron chi connectivity index (χ1n) is 6.05. The van der Waals surface area contributed by atoms with E-state index < -0.39 is 11.7 Å². The Hall–Kier alpha value is -2.48. The van der Waals surface area contributed by atoms with Crippen molar-refractivity contribution in [2.24, 2.45) is 5.73 Å². The van der Waals surface area contributed by atoms with E-state index in [4.69, 9.17) is 5.73 Å². The number of hydrogen-bond donors (Lipinski definition) is 1. The van der Waals surface area contributed by atoms with Gasteiger partial charge in [-0.05, 0) is 12.1 Å². The molecule has 0 amide bonds. The first kappa shape index (κ1) is 13.5. The number of aromatic nitrogens is 4. The molecule has 0 aromatic carbocycles. The van der Waals surface area contributed by atoms with Gasteiger partial charge in [0.2, 0.25) is 0 Å². The molecule has 0 saturated heterocycles. The molecule has 0 atom stereocenters. The number of halogens is 3. The average Bonchev–Trinajstić information content (AvgIpc) is 2.93. The van der Waals surface area contributed by atoms with E-state index in [2.05, 4.69) is 15.0 Å². The lowest BCUT2D eigenvalue weighted by Crippen LogP contribution is -2.07. The van der Waals surface area contributed by atoms with E-state index in [9.17, 15) is 13.2 Å². The molecule has 8 heteroatoms. The minimum Gasteiger partial charge on any atom is -0.325 e. The van der Waals surface area contributed by atoms with Crippen LogP contribution in [0.2, 0.25) is 0 Å². The monoisotopic (exact) mass is 293 g/mol. The van der Waals surface area contributed by atoms with Crippen LogP contribution in [0.15, 0.2) is 36.9 Å².